The zero-order valence-electron chi connectivity index (χ0n) is 11.5. The molecule has 6 heteroatoms. The molecule has 2 heterocycles. The molecule has 2 rings (SSSR count). The molecule has 0 aromatic carbocycles. The lowest BCUT2D eigenvalue weighted by molar-refractivity contribution is 0.177. The van der Waals surface area contributed by atoms with Crippen molar-refractivity contribution in [2.45, 2.75) is 32.8 Å². The van der Waals surface area contributed by atoms with Gasteiger partial charge in [0.2, 0.25) is 0 Å². The molecule has 1 atom stereocenters. The Bertz CT molecular complexity index is 382. The van der Waals surface area contributed by atoms with E-state index in [1.807, 2.05) is 6.07 Å². The highest BCUT2D eigenvalue weighted by Gasteiger charge is 2.28. The first-order chi connectivity index (χ1) is 9.24. The number of rotatable bonds is 5. The van der Waals surface area contributed by atoms with Gasteiger partial charge in [-0.3, -0.25) is 0 Å². The van der Waals surface area contributed by atoms with E-state index in [-0.39, 0.29) is 6.10 Å². The summed E-state index contributed by atoms with van der Waals surface area (Å²) in [5.41, 5.74) is 0. The molecule has 0 aliphatic carbocycles. The van der Waals surface area contributed by atoms with Crippen molar-refractivity contribution in [2.75, 3.05) is 18.0 Å². The van der Waals surface area contributed by atoms with Crippen LogP contribution < -0.4 is 4.90 Å². The molecule has 1 saturated heterocycles. The number of unbranched alkanes of at least 4 members (excludes halogenated alkanes) is 1. The molecule has 106 valence electrons. The standard InChI is InChI=1S/C9H12N3O2P.C4H10/c1-2-8-10-4-3-9(11-8)12-5-7(6-12)14-15-13;1-3-4-2/h2-4,7,13,15H,1,5-6H2;3-4H2,1-2H3. The zero-order valence-corrected chi connectivity index (χ0v) is 12.5. The lowest BCUT2D eigenvalue weighted by Gasteiger charge is -2.38. The molecule has 1 aliphatic heterocycles. The van der Waals surface area contributed by atoms with Gasteiger partial charge in [-0.05, 0) is 12.1 Å². The first kappa shape index (κ1) is 16.0. The monoisotopic (exact) mass is 283 g/mol. The molecular weight excluding hydrogens is 261 g/mol. The average Bonchev–Trinajstić information content (AvgIpc) is 2.42. The van der Waals surface area contributed by atoms with Crippen LogP contribution in [0.4, 0.5) is 5.82 Å². The molecule has 0 radical (unpaired) electrons. The van der Waals surface area contributed by atoms with Crippen LogP contribution in [0.5, 0.6) is 0 Å². The predicted octanol–water partition coefficient (Wildman–Crippen LogP) is 2.63. The molecule has 1 fully saturated rings. The quantitative estimate of drug-likeness (QED) is 0.842. The highest BCUT2D eigenvalue weighted by Crippen LogP contribution is 2.23. The molecule has 0 saturated carbocycles. The van der Waals surface area contributed by atoms with Crippen LogP contribution in [0.15, 0.2) is 18.8 Å². The molecule has 0 bridgehead atoms. The van der Waals surface area contributed by atoms with Crippen molar-refractivity contribution in [2.24, 2.45) is 0 Å². The van der Waals surface area contributed by atoms with Gasteiger partial charge >= 0.3 is 0 Å². The maximum atomic E-state index is 8.59. The van der Waals surface area contributed by atoms with Crippen molar-refractivity contribution in [3.8, 4) is 0 Å². The molecular formula is C13H22N3O2P. The van der Waals surface area contributed by atoms with Crippen LogP contribution in [0.3, 0.4) is 0 Å². The second kappa shape index (κ2) is 8.97. The van der Waals surface area contributed by atoms with Crippen molar-refractivity contribution in [1.82, 2.24) is 9.97 Å². The van der Waals surface area contributed by atoms with Gasteiger partial charge in [0.25, 0.3) is 0 Å². The van der Waals surface area contributed by atoms with Crippen molar-refractivity contribution in [3.63, 3.8) is 0 Å². The van der Waals surface area contributed by atoms with Crippen molar-refractivity contribution in [3.05, 3.63) is 24.7 Å². The Hall–Kier alpha value is -1.03. The summed E-state index contributed by atoms with van der Waals surface area (Å²) in [6.45, 7) is 9.51. The summed E-state index contributed by atoms with van der Waals surface area (Å²) in [5, 5.41) is 0. The Morgan fingerprint density at radius 2 is 2.21 bits per heavy atom. The van der Waals surface area contributed by atoms with E-state index in [1.54, 1.807) is 12.3 Å². The normalized spacial score (nSPS) is 15.0. The first-order valence-corrected chi connectivity index (χ1v) is 7.35. The fourth-order valence-corrected chi connectivity index (χ4v) is 1.71. The lowest BCUT2D eigenvalue weighted by Crippen LogP contribution is -2.51. The van der Waals surface area contributed by atoms with Crippen LogP contribution in [0.2, 0.25) is 0 Å². The van der Waals surface area contributed by atoms with Crippen molar-refractivity contribution in [1.29, 1.82) is 0 Å². The third-order valence-electron chi connectivity index (χ3n) is 2.73. The summed E-state index contributed by atoms with van der Waals surface area (Å²) in [6, 6.07) is 1.85. The van der Waals surface area contributed by atoms with Crippen molar-refractivity contribution >= 4 is 20.9 Å². The first-order valence-electron chi connectivity index (χ1n) is 6.50. The minimum absolute atomic E-state index is 0.121. The lowest BCUT2D eigenvalue weighted by atomic mass is 10.2. The second-order valence-electron chi connectivity index (χ2n) is 4.21. The summed E-state index contributed by atoms with van der Waals surface area (Å²) in [4.78, 5) is 19.0. The highest BCUT2D eigenvalue weighted by molar-refractivity contribution is 7.25. The maximum Gasteiger partial charge on any atom is 0.153 e. The van der Waals surface area contributed by atoms with Gasteiger partial charge in [-0.15, -0.1) is 0 Å². The van der Waals surface area contributed by atoms with E-state index in [4.69, 9.17) is 9.42 Å². The SMILES string of the molecule is C=Cc1nccc(N2CC(OPO)C2)n1.CCCC. The number of nitrogens with zero attached hydrogens (tertiary/aromatic N) is 3. The fraction of sp³-hybridized carbons (Fsp3) is 0.538. The van der Waals surface area contributed by atoms with E-state index >= 15 is 0 Å². The molecule has 1 unspecified atom stereocenters. The summed E-state index contributed by atoms with van der Waals surface area (Å²) in [6.07, 6.45) is 6.09. The topological polar surface area (TPSA) is 58.5 Å². The van der Waals surface area contributed by atoms with Gasteiger partial charge in [0.05, 0.1) is 6.10 Å². The Kier molecular flexibility index (Phi) is 7.56. The summed E-state index contributed by atoms with van der Waals surface area (Å²) >= 11 is 0. The average molecular weight is 283 g/mol. The van der Waals surface area contributed by atoms with E-state index in [0.717, 1.165) is 18.9 Å². The molecule has 1 aromatic rings. The Morgan fingerprint density at radius 1 is 1.53 bits per heavy atom. The third-order valence-corrected chi connectivity index (χ3v) is 3.17. The molecule has 1 aliphatic rings. The fourth-order valence-electron chi connectivity index (χ4n) is 1.41. The van der Waals surface area contributed by atoms with E-state index in [0.29, 0.717) is 5.82 Å². The molecule has 1 N–H and O–H groups in total. The van der Waals surface area contributed by atoms with Crippen LogP contribution in [0.25, 0.3) is 6.08 Å². The van der Waals surface area contributed by atoms with E-state index in [1.165, 1.54) is 12.8 Å². The van der Waals surface area contributed by atoms with Crippen molar-refractivity contribution < 1.29 is 9.42 Å². The minimum Gasteiger partial charge on any atom is -0.352 e. The van der Waals surface area contributed by atoms with Gasteiger partial charge in [0.15, 0.2) is 14.9 Å². The van der Waals surface area contributed by atoms with Crippen LogP contribution in [-0.2, 0) is 4.52 Å². The van der Waals surface area contributed by atoms with Gasteiger partial charge in [0.1, 0.15) is 5.82 Å². The molecule has 19 heavy (non-hydrogen) atoms. The molecule has 1 aromatic heterocycles. The zero-order chi connectivity index (χ0) is 14.1. The number of hydrogen-bond donors (Lipinski definition) is 1. The Labute approximate surface area is 116 Å². The molecule has 5 nitrogen and oxygen atoms in total. The molecule has 0 amide bonds. The predicted molar refractivity (Wildman–Crippen MR) is 80.3 cm³/mol. The maximum absolute atomic E-state index is 8.59. The summed E-state index contributed by atoms with van der Waals surface area (Å²) in [5.74, 6) is 1.50. The van der Waals surface area contributed by atoms with Crippen LogP contribution in [0, 0.1) is 0 Å². The highest BCUT2D eigenvalue weighted by atomic mass is 31.1. The molecule has 0 spiro atoms. The summed E-state index contributed by atoms with van der Waals surface area (Å²) in [7, 11) is -0.434. The van der Waals surface area contributed by atoms with Gasteiger partial charge in [-0.1, -0.05) is 33.3 Å². The number of hydrogen-bond acceptors (Lipinski definition) is 5. The van der Waals surface area contributed by atoms with E-state index in [2.05, 4.69) is 35.3 Å². The number of aromatic nitrogens is 2. The smallest absolute Gasteiger partial charge is 0.153 e. The van der Waals surface area contributed by atoms with Gasteiger partial charge in [-0.2, -0.15) is 0 Å². The van der Waals surface area contributed by atoms with Crippen LogP contribution in [-0.4, -0.2) is 34.1 Å². The Morgan fingerprint density at radius 3 is 2.74 bits per heavy atom. The van der Waals surface area contributed by atoms with Gasteiger partial charge < -0.3 is 14.3 Å². The van der Waals surface area contributed by atoms with Crippen LogP contribution >= 0.6 is 9.03 Å². The number of anilines is 1. The second-order valence-corrected chi connectivity index (χ2v) is 4.63. The van der Waals surface area contributed by atoms with Gasteiger partial charge in [0, 0.05) is 19.3 Å². The largest absolute Gasteiger partial charge is 0.352 e. The third kappa shape index (κ3) is 5.23. The Balaban J connectivity index is 0.000000399. The van der Waals surface area contributed by atoms with E-state index < -0.39 is 9.03 Å². The summed E-state index contributed by atoms with van der Waals surface area (Å²) < 4.78 is 5.06. The van der Waals surface area contributed by atoms with Gasteiger partial charge in [-0.25, -0.2) is 9.97 Å². The van der Waals surface area contributed by atoms with E-state index in [9.17, 15) is 0 Å². The minimum atomic E-state index is -0.434. The van der Waals surface area contributed by atoms with Crippen LogP contribution in [0.1, 0.15) is 32.5 Å².